The molecule has 0 saturated heterocycles. The van der Waals surface area contributed by atoms with E-state index in [0.717, 1.165) is 50.6 Å². The van der Waals surface area contributed by atoms with Gasteiger partial charge in [0, 0.05) is 6.54 Å². The molecule has 2 aliphatic carbocycles. The number of carbonyl (C=O) groups excluding carboxylic acids is 1. The number of carboxylic acid groups (broad SMARTS) is 1. The van der Waals surface area contributed by atoms with E-state index in [9.17, 15) is 14.7 Å². The first kappa shape index (κ1) is 28.6. The molecule has 6 heteroatoms. The fraction of sp³-hybridized carbons (Fsp3) is 0.719. The molecule has 1 aromatic carbocycles. The van der Waals surface area contributed by atoms with Crippen LogP contribution < -0.4 is 5.32 Å². The molecule has 38 heavy (non-hydrogen) atoms. The molecule has 1 atom stereocenters. The van der Waals surface area contributed by atoms with E-state index in [0.29, 0.717) is 23.6 Å². The summed E-state index contributed by atoms with van der Waals surface area (Å²) in [5, 5.41) is 13.0. The molecule has 2 fully saturated rings. The molecule has 3 aliphatic rings. The van der Waals surface area contributed by atoms with Crippen LogP contribution in [0.25, 0.3) is 0 Å². The van der Waals surface area contributed by atoms with Crippen molar-refractivity contribution in [3.05, 3.63) is 35.4 Å². The number of aromatic carboxylic acids is 1. The van der Waals surface area contributed by atoms with Crippen molar-refractivity contribution in [2.45, 2.75) is 117 Å². The average molecular weight is 524 g/mol. The molecule has 4 rings (SSSR count). The van der Waals surface area contributed by atoms with Crippen LogP contribution in [0.4, 0.5) is 0 Å². The normalized spacial score (nSPS) is 25.6. The predicted octanol–water partition coefficient (Wildman–Crippen LogP) is 7.21. The van der Waals surface area contributed by atoms with Crippen molar-refractivity contribution in [3.63, 3.8) is 0 Å². The summed E-state index contributed by atoms with van der Waals surface area (Å²) in [6.45, 7) is 12.2. The molecule has 0 unspecified atom stereocenters. The van der Waals surface area contributed by atoms with Crippen LogP contribution in [0.1, 0.15) is 127 Å². The van der Waals surface area contributed by atoms with Crippen molar-refractivity contribution < 1.29 is 14.7 Å². The van der Waals surface area contributed by atoms with Gasteiger partial charge in [-0.2, -0.15) is 0 Å². The highest BCUT2D eigenvalue weighted by Crippen LogP contribution is 2.49. The minimum absolute atomic E-state index is 0.0195. The topological polar surface area (TPSA) is 82.0 Å². The molecule has 1 aliphatic heterocycles. The maximum absolute atomic E-state index is 14.2. The van der Waals surface area contributed by atoms with Crippen molar-refractivity contribution in [2.75, 3.05) is 6.54 Å². The molecule has 1 aromatic rings. The third-order valence-corrected chi connectivity index (χ3v) is 9.36. The van der Waals surface area contributed by atoms with Gasteiger partial charge in [0.25, 0.3) is 5.91 Å². The van der Waals surface area contributed by atoms with E-state index < -0.39 is 11.6 Å². The summed E-state index contributed by atoms with van der Waals surface area (Å²) in [5.41, 5.74) is 0.992. The minimum atomic E-state index is -0.929. The number of hydrogen-bond donors (Lipinski definition) is 2. The van der Waals surface area contributed by atoms with Crippen LogP contribution in [0, 0.1) is 23.2 Å². The van der Waals surface area contributed by atoms with E-state index in [2.05, 4.69) is 44.8 Å². The second-order valence-electron chi connectivity index (χ2n) is 13.6. The van der Waals surface area contributed by atoms with Gasteiger partial charge in [0.05, 0.1) is 11.6 Å². The van der Waals surface area contributed by atoms with Crippen LogP contribution in [-0.2, 0) is 4.79 Å². The quantitative estimate of drug-likeness (QED) is 0.377. The summed E-state index contributed by atoms with van der Waals surface area (Å²) in [4.78, 5) is 33.1. The Bertz CT molecular complexity index is 994. The monoisotopic (exact) mass is 523 g/mol. The number of aliphatic imine (C=N–C) groups is 1. The molecule has 1 spiro atoms. The average Bonchev–Trinajstić information content (AvgIpc) is 3.14. The van der Waals surface area contributed by atoms with Crippen LogP contribution in [0.3, 0.4) is 0 Å². The first-order valence-corrected chi connectivity index (χ1v) is 15.0. The Labute approximate surface area is 229 Å². The Morgan fingerprint density at radius 1 is 1.05 bits per heavy atom. The van der Waals surface area contributed by atoms with E-state index in [-0.39, 0.29) is 22.9 Å². The highest BCUT2D eigenvalue weighted by molar-refractivity contribution is 6.39. The number of rotatable bonds is 8. The number of carboxylic acids is 1. The van der Waals surface area contributed by atoms with Gasteiger partial charge in [0.1, 0.15) is 5.66 Å². The van der Waals surface area contributed by atoms with E-state index in [1.165, 1.54) is 32.1 Å². The Kier molecular flexibility index (Phi) is 8.89. The lowest BCUT2D eigenvalue weighted by atomic mass is 9.69. The van der Waals surface area contributed by atoms with Crippen LogP contribution in [0.5, 0.6) is 0 Å². The van der Waals surface area contributed by atoms with Gasteiger partial charge in [-0.1, -0.05) is 66.0 Å². The molecule has 0 bridgehead atoms. The minimum Gasteiger partial charge on any atom is -0.478 e. The van der Waals surface area contributed by atoms with Crippen molar-refractivity contribution in [1.82, 2.24) is 10.2 Å². The van der Waals surface area contributed by atoms with Gasteiger partial charge < -0.3 is 15.3 Å². The molecule has 210 valence electrons. The van der Waals surface area contributed by atoms with Crippen molar-refractivity contribution >= 4 is 17.7 Å². The van der Waals surface area contributed by atoms with Crippen LogP contribution in [-0.4, -0.2) is 39.9 Å². The van der Waals surface area contributed by atoms with E-state index in [4.69, 9.17) is 4.99 Å². The summed E-state index contributed by atoms with van der Waals surface area (Å²) >= 11 is 0. The number of carbonyl (C=O) groups is 2. The molecule has 0 aromatic heterocycles. The molecule has 2 N–H and O–H groups in total. The second kappa shape index (κ2) is 11.8. The maximum Gasteiger partial charge on any atom is 0.335 e. The van der Waals surface area contributed by atoms with Crippen molar-refractivity contribution in [2.24, 2.45) is 28.2 Å². The van der Waals surface area contributed by atoms with Crippen molar-refractivity contribution in [1.29, 1.82) is 0 Å². The van der Waals surface area contributed by atoms with Gasteiger partial charge in [-0.05, 0) is 92.2 Å². The number of nitrogens with zero attached hydrogens (tertiary/aromatic N) is 2. The summed E-state index contributed by atoms with van der Waals surface area (Å²) in [6.07, 6.45) is 12.0. The van der Waals surface area contributed by atoms with Crippen LogP contribution in [0.2, 0.25) is 0 Å². The summed E-state index contributed by atoms with van der Waals surface area (Å²) in [6, 6.07) is 7.03. The third-order valence-electron chi connectivity index (χ3n) is 9.36. The summed E-state index contributed by atoms with van der Waals surface area (Å²) < 4.78 is 0. The lowest BCUT2D eigenvalue weighted by molar-refractivity contribution is -0.134. The number of amidine groups is 1. The Morgan fingerprint density at radius 2 is 1.68 bits per heavy atom. The first-order valence-electron chi connectivity index (χ1n) is 15.0. The predicted molar refractivity (Wildman–Crippen MR) is 153 cm³/mol. The summed E-state index contributed by atoms with van der Waals surface area (Å²) in [5.74, 6) is 1.37. The van der Waals surface area contributed by atoms with Gasteiger partial charge in [-0.15, -0.1) is 0 Å². The fourth-order valence-corrected chi connectivity index (χ4v) is 6.87. The number of benzene rings is 1. The molecule has 0 radical (unpaired) electrons. The lowest BCUT2D eigenvalue weighted by Crippen LogP contribution is -2.52. The maximum atomic E-state index is 14.2. The van der Waals surface area contributed by atoms with Crippen LogP contribution in [0.15, 0.2) is 29.3 Å². The molecular formula is C32H49N3O3. The lowest BCUT2D eigenvalue weighted by Gasteiger charge is -2.47. The molecule has 2 saturated carbocycles. The van der Waals surface area contributed by atoms with Crippen LogP contribution >= 0.6 is 0 Å². The highest BCUT2D eigenvalue weighted by atomic mass is 16.4. The first-order chi connectivity index (χ1) is 18.0. The zero-order chi connectivity index (χ0) is 27.5. The molecule has 6 nitrogen and oxygen atoms in total. The number of hydrogen-bond acceptors (Lipinski definition) is 4. The molecular weight excluding hydrogens is 474 g/mol. The Hall–Kier alpha value is -2.37. The third kappa shape index (κ3) is 6.43. The largest absolute Gasteiger partial charge is 0.478 e. The van der Waals surface area contributed by atoms with Gasteiger partial charge >= 0.3 is 5.97 Å². The Morgan fingerprint density at radius 3 is 2.24 bits per heavy atom. The van der Waals surface area contributed by atoms with Gasteiger partial charge in [-0.25, -0.2) is 9.79 Å². The fourth-order valence-electron chi connectivity index (χ4n) is 6.87. The molecule has 1 heterocycles. The zero-order valence-corrected chi connectivity index (χ0v) is 24.3. The molecule has 1 amide bonds. The van der Waals surface area contributed by atoms with E-state index in [1.807, 2.05) is 12.1 Å². The highest BCUT2D eigenvalue weighted by Gasteiger charge is 2.52. The Balaban J connectivity index is 1.65. The smallest absolute Gasteiger partial charge is 0.335 e. The van der Waals surface area contributed by atoms with Crippen molar-refractivity contribution in [3.8, 4) is 0 Å². The van der Waals surface area contributed by atoms with E-state index in [1.54, 1.807) is 12.1 Å². The van der Waals surface area contributed by atoms with Gasteiger partial charge in [0.15, 0.2) is 5.84 Å². The number of amides is 1. The van der Waals surface area contributed by atoms with Gasteiger partial charge in [-0.3, -0.25) is 4.79 Å². The number of nitrogens with one attached hydrogen (secondary N) is 1. The SMILES string of the molecule is CC(C)CC[C@H](c1ccc(C(=O)O)cc1)N1C(=O)C(NCC2CCCCC2)=NC12CCC(C(C)(C)C)CC2. The van der Waals surface area contributed by atoms with E-state index >= 15 is 0 Å². The summed E-state index contributed by atoms with van der Waals surface area (Å²) in [7, 11) is 0. The standard InChI is InChI=1S/C32H49N3O3/c1-22(2)11-16-27(24-12-14-25(15-13-24)30(37)38)35-29(36)28(33-21-23-9-7-6-8-10-23)34-32(35)19-17-26(18-20-32)31(3,4)5/h12-15,22-23,26-27H,6-11,16-21H2,1-5H3,(H,33,34)(H,37,38)/t26?,27-,32?/m1/s1. The second-order valence-corrected chi connectivity index (χ2v) is 13.6. The zero-order valence-electron chi connectivity index (χ0n) is 24.3. The van der Waals surface area contributed by atoms with Gasteiger partial charge in [0.2, 0.25) is 0 Å².